The van der Waals surface area contributed by atoms with Gasteiger partial charge in [-0.15, -0.1) is 0 Å². The number of carbonyl (C=O) groups is 4. The van der Waals surface area contributed by atoms with Crippen molar-refractivity contribution in [1.82, 2.24) is 0 Å². The maximum atomic E-state index is 13.0. The van der Waals surface area contributed by atoms with E-state index >= 15 is 0 Å². The van der Waals surface area contributed by atoms with E-state index in [9.17, 15) is 43.2 Å². The minimum absolute atomic E-state index is 0.106. The van der Waals surface area contributed by atoms with Crippen molar-refractivity contribution >= 4 is 39.5 Å². The Morgan fingerprint density at radius 3 is 0.782 bits per heavy atom. The van der Waals surface area contributed by atoms with E-state index in [-0.39, 0.29) is 25.7 Å². The average molecular weight is 1280 g/mol. The molecule has 0 aliphatic heterocycles. The van der Waals surface area contributed by atoms with Crippen molar-refractivity contribution in [1.29, 1.82) is 0 Å². The van der Waals surface area contributed by atoms with Crippen LogP contribution in [-0.4, -0.2) is 96.7 Å². The summed E-state index contributed by atoms with van der Waals surface area (Å²) >= 11 is 0. The maximum Gasteiger partial charge on any atom is 0.472 e. The van der Waals surface area contributed by atoms with Crippen LogP contribution in [0, 0.1) is 11.8 Å². The van der Waals surface area contributed by atoms with E-state index in [1.165, 1.54) is 154 Å². The number of phosphoric ester groups is 2. The van der Waals surface area contributed by atoms with Gasteiger partial charge >= 0.3 is 39.5 Å². The number of unbranched alkanes of at least 4 members (excludes halogenated alkanes) is 37. The van der Waals surface area contributed by atoms with Crippen LogP contribution in [0.5, 0.6) is 0 Å². The van der Waals surface area contributed by atoms with Crippen molar-refractivity contribution < 1.29 is 80.2 Å². The van der Waals surface area contributed by atoms with Gasteiger partial charge in [-0.3, -0.25) is 37.3 Å². The smallest absolute Gasteiger partial charge is 0.462 e. The number of hydrogen-bond donors (Lipinski definition) is 3. The fourth-order valence-corrected chi connectivity index (χ4v) is 11.8. The monoisotopic (exact) mass is 1280 g/mol. The summed E-state index contributed by atoms with van der Waals surface area (Å²) in [6.07, 6.45) is 44.5. The largest absolute Gasteiger partial charge is 0.472 e. The first-order chi connectivity index (χ1) is 41.9. The van der Waals surface area contributed by atoms with Crippen molar-refractivity contribution in [3.63, 3.8) is 0 Å². The molecule has 87 heavy (non-hydrogen) atoms. The van der Waals surface area contributed by atoms with Crippen LogP contribution >= 0.6 is 15.6 Å². The molecular weight excluding hydrogens is 1150 g/mol. The molecule has 0 radical (unpaired) electrons. The summed E-state index contributed by atoms with van der Waals surface area (Å²) < 4.78 is 68.2. The van der Waals surface area contributed by atoms with Crippen molar-refractivity contribution in [3.05, 3.63) is 0 Å². The van der Waals surface area contributed by atoms with Gasteiger partial charge in [0, 0.05) is 25.7 Å². The molecule has 0 saturated carbocycles. The molecule has 0 aromatic carbocycles. The number of ether oxygens (including phenoxy) is 4. The van der Waals surface area contributed by atoms with Crippen molar-refractivity contribution in [2.45, 2.75) is 362 Å². The SMILES string of the molecule is CCCCCCCCCCCCCCCCCC(=O)O[C@H](COC(=O)CCCCCCCCCCCC(C)C)COP(=O)(O)OC[C@@H](O)COP(=O)(O)OC[C@@H](COC(=O)CCCCCCCCC(C)C)OC(=O)CCCCCCCCCCCCC. The Balaban J connectivity index is 5.24. The minimum Gasteiger partial charge on any atom is -0.462 e. The Kier molecular flexibility index (Phi) is 59.0. The molecular formula is C68H132O17P2. The molecule has 5 atom stereocenters. The first-order valence-corrected chi connectivity index (χ1v) is 38.5. The molecule has 0 rings (SSSR count). The van der Waals surface area contributed by atoms with Crippen LogP contribution in [0.2, 0.25) is 0 Å². The highest BCUT2D eigenvalue weighted by atomic mass is 31.2. The highest BCUT2D eigenvalue weighted by Gasteiger charge is 2.30. The molecule has 0 spiro atoms. The minimum atomic E-state index is -4.95. The van der Waals surface area contributed by atoms with Crippen LogP contribution in [0.15, 0.2) is 0 Å². The third-order valence-corrected chi connectivity index (χ3v) is 17.6. The van der Waals surface area contributed by atoms with Gasteiger partial charge in [-0.05, 0) is 37.5 Å². The van der Waals surface area contributed by atoms with E-state index in [2.05, 4.69) is 41.5 Å². The Morgan fingerprint density at radius 2 is 0.529 bits per heavy atom. The van der Waals surface area contributed by atoms with Gasteiger partial charge in [0.2, 0.25) is 0 Å². The predicted octanol–water partition coefficient (Wildman–Crippen LogP) is 19.2. The Morgan fingerprint density at radius 1 is 0.310 bits per heavy atom. The molecule has 3 N–H and O–H groups in total. The molecule has 0 amide bonds. The van der Waals surface area contributed by atoms with Crippen LogP contribution in [0.3, 0.4) is 0 Å². The number of aliphatic hydroxyl groups excluding tert-OH is 1. The molecule has 0 fully saturated rings. The van der Waals surface area contributed by atoms with E-state index in [0.29, 0.717) is 31.6 Å². The summed E-state index contributed by atoms with van der Waals surface area (Å²) in [5, 5.41) is 10.6. The number of phosphoric acid groups is 2. The number of esters is 4. The summed E-state index contributed by atoms with van der Waals surface area (Å²) in [5.41, 5.74) is 0. The number of rotatable bonds is 67. The van der Waals surface area contributed by atoms with Crippen molar-refractivity contribution in [3.8, 4) is 0 Å². The molecule has 0 aliphatic carbocycles. The molecule has 17 nitrogen and oxygen atoms in total. The second-order valence-corrected chi connectivity index (χ2v) is 28.4. The zero-order valence-corrected chi connectivity index (χ0v) is 58.1. The van der Waals surface area contributed by atoms with E-state index in [1.807, 2.05) is 0 Å². The molecule has 0 aliphatic rings. The Bertz CT molecular complexity index is 1700. The normalized spacial score (nSPS) is 14.2. The first-order valence-electron chi connectivity index (χ1n) is 35.5. The molecule has 19 heteroatoms. The van der Waals surface area contributed by atoms with Crippen molar-refractivity contribution in [2.24, 2.45) is 11.8 Å². The second-order valence-electron chi connectivity index (χ2n) is 25.5. The van der Waals surface area contributed by atoms with Crippen LogP contribution in [0.4, 0.5) is 0 Å². The fraction of sp³-hybridized carbons (Fsp3) is 0.941. The highest BCUT2D eigenvalue weighted by Crippen LogP contribution is 2.45. The van der Waals surface area contributed by atoms with Gasteiger partial charge in [-0.1, -0.05) is 292 Å². The molecule has 0 heterocycles. The van der Waals surface area contributed by atoms with Crippen LogP contribution in [0.1, 0.15) is 343 Å². The zero-order valence-electron chi connectivity index (χ0n) is 56.3. The molecule has 0 aromatic heterocycles. The fourth-order valence-electron chi connectivity index (χ4n) is 10.2. The third kappa shape index (κ3) is 62.6. The van der Waals surface area contributed by atoms with Gasteiger partial charge in [-0.25, -0.2) is 9.13 Å². The highest BCUT2D eigenvalue weighted by molar-refractivity contribution is 7.47. The predicted molar refractivity (Wildman–Crippen MR) is 349 cm³/mol. The lowest BCUT2D eigenvalue weighted by molar-refractivity contribution is -0.161. The van der Waals surface area contributed by atoms with E-state index in [1.54, 1.807) is 0 Å². The molecule has 516 valence electrons. The van der Waals surface area contributed by atoms with Gasteiger partial charge in [0.1, 0.15) is 19.3 Å². The second kappa shape index (κ2) is 60.3. The number of aliphatic hydroxyl groups is 1. The van der Waals surface area contributed by atoms with Gasteiger partial charge in [-0.2, -0.15) is 0 Å². The standard InChI is InChI=1S/C68H132O17P2/c1-7-9-11-13-15-17-19-20-21-22-24-28-33-41-47-53-68(73)84-63(56-78-65(70)50-44-38-31-29-25-26-30-36-42-48-60(3)4)58-82-86(74,75)80-54-62(69)55-81-87(76,77)83-59-64(57-79-66(71)51-45-39-35-34-37-43-49-61(5)6)85-67(72)52-46-40-32-27-23-18-16-14-12-10-8-2/h60-64,69H,7-59H2,1-6H3,(H,74,75)(H,76,77)/t62-,63-,64-/m1/s1. The lowest BCUT2D eigenvalue weighted by Gasteiger charge is -2.21. The summed E-state index contributed by atoms with van der Waals surface area (Å²) in [7, 11) is -9.89. The first kappa shape index (κ1) is 85.1. The summed E-state index contributed by atoms with van der Waals surface area (Å²) in [6.45, 7) is 9.43. The Labute approximate surface area is 530 Å². The van der Waals surface area contributed by atoms with Crippen LogP contribution in [-0.2, 0) is 65.4 Å². The van der Waals surface area contributed by atoms with Gasteiger partial charge < -0.3 is 33.8 Å². The lowest BCUT2D eigenvalue weighted by Crippen LogP contribution is -2.30. The number of carbonyl (C=O) groups excluding carboxylic acids is 4. The molecule has 0 bridgehead atoms. The van der Waals surface area contributed by atoms with Gasteiger partial charge in [0.15, 0.2) is 12.2 Å². The Hall–Kier alpha value is -1.94. The average Bonchev–Trinajstić information content (AvgIpc) is 3.69. The van der Waals surface area contributed by atoms with Crippen molar-refractivity contribution in [2.75, 3.05) is 39.6 Å². The molecule has 2 unspecified atom stereocenters. The van der Waals surface area contributed by atoms with Gasteiger partial charge in [0.05, 0.1) is 26.4 Å². The summed E-state index contributed by atoms with van der Waals surface area (Å²) in [5.74, 6) is -0.704. The zero-order chi connectivity index (χ0) is 64.3. The van der Waals surface area contributed by atoms with Crippen LogP contribution in [0.25, 0.3) is 0 Å². The summed E-state index contributed by atoms with van der Waals surface area (Å²) in [6, 6.07) is 0. The van der Waals surface area contributed by atoms with E-state index < -0.39 is 97.5 Å². The molecule has 0 saturated heterocycles. The number of hydrogen-bond acceptors (Lipinski definition) is 15. The molecule has 0 aromatic rings. The quantitative estimate of drug-likeness (QED) is 0.0222. The van der Waals surface area contributed by atoms with E-state index in [0.717, 1.165) is 102 Å². The third-order valence-electron chi connectivity index (χ3n) is 15.7. The van der Waals surface area contributed by atoms with Crippen LogP contribution < -0.4 is 0 Å². The van der Waals surface area contributed by atoms with E-state index in [4.69, 9.17) is 37.0 Å². The van der Waals surface area contributed by atoms with Gasteiger partial charge in [0.25, 0.3) is 0 Å². The maximum absolute atomic E-state index is 13.0. The topological polar surface area (TPSA) is 237 Å². The summed E-state index contributed by atoms with van der Waals surface area (Å²) in [4.78, 5) is 72.4. The lowest BCUT2D eigenvalue weighted by atomic mass is 10.0.